The summed E-state index contributed by atoms with van der Waals surface area (Å²) in [6.45, 7) is 2.99. The zero-order chi connectivity index (χ0) is 14.5. The third kappa shape index (κ3) is 3.90. The largest absolute Gasteiger partial charge is 0.486 e. The Bertz CT molecular complexity index is 615. The van der Waals surface area contributed by atoms with Crippen LogP contribution in [-0.2, 0) is 13.0 Å². The molecule has 4 heteroatoms. The topological polar surface area (TPSA) is 30.5 Å². The van der Waals surface area contributed by atoms with Gasteiger partial charge in [0.05, 0.1) is 0 Å². The molecule has 0 radical (unpaired) electrons. The molecule has 2 aromatic rings. The van der Waals surface area contributed by atoms with E-state index in [4.69, 9.17) is 21.1 Å². The molecular formula is C17H18ClNO2. The van der Waals surface area contributed by atoms with Crippen LogP contribution in [0.15, 0.2) is 42.5 Å². The first-order chi connectivity index (χ1) is 10.3. The molecule has 0 saturated carbocycles. The average molecular weight is 304 g/mol. The molecule has 0 fully saturated rings. The molecule has 21 heavy (non-hydrogen) atoms. The third-order valence-electron chi connectivity index (χ3n) is 3.42. The van der Waals surface area contributed by atoms with Crippen molar-refractivity contribution in [2.75, 3.05) is 19.8 Å². The van der Waals surface area contributed by atoms with Crippen molar-refractivity contribution >= 4 is 11.6 Å². The number of ether oxygens (including phenoxy) is 2. The Morgan fingerprint density at radius 3 is 2.67 bits per heavy atom. The molecule has 0 saturated heterocycles. The Morgan fingerprint density at radius 2 is 1.81 bits per heavy atom. The van der Waals surface area contributed by atoms with E-state index in [0.29, 0.717) is 13.2 Å². The number of fused-ring (bicyclic) bond motifs is 1. The maximum atomic E-state index is 5.97. The monoisotopic (exact) mass is 303 g/mol. The van der Waals surface area contributed by atoms with E-state index in [9.17, 15) is 0 Å². The van der Waals surface area contributed by atoms with E-state index >= 15 is 0 Å². The highest BCUT2D eigenvalue weighted by molar-refractivity contribution is 6.30. The molecule has 0 atom stereocenters. The minimum Gasteiger partial charge on any atom is -0.486 e. The quantitative estimate of drug-likeness (QED) is 0.858. The van der Waals surface area contributed by atoms with Gasteiger partial charge >= 0.3 is 0 Å². The second-order valence-electron chi connectivity index (χ2n) is 5.03. The Labute approximate surface area is 129 Å². The van der Waals surface area contributed by atoms with Gasteiger partial charge in [0.15, 0.2) is 11.5 Å². The molecular weight excluding hydrogens is 286 g/mol. The maximum absolute atomic E-state index is 5.97. The van der Waals surface area contributed by atoms with E-state index in [-0.39, 0.29) is 0 Å². The van der Waals surface area contributed by atoms with Crippen LogP contribution in [0.25, 0.3) is 0 Å². The van der Waals surface area contributed by atoms with Crippen LogP contribution in [0.1, 0.15) is 11.1 Å². The minimum absolute atomic E-state index is 0.628. The van der Waals surface area contributed by atoms with Crippen LogP contribution in [0, 0.1) is 0 Å². The van der Waals surface area contributed by atoms with Gasteiger partial charge < -0.3 is 14.8 Å². The van der Waals surface area contributed by atoms with Gasteiger partial charge in [-0.3, -0.25) is 0 Å². The van der Waals surface area contributed by atoms with E-state index in [2.05, 4.69) is 23.5 Å². The van der Waals surface area contributed by atoms with Crippen molar-refractivity contribution < 1.29 is 9.47 Å². The van der Waals surface area contributed by atoms with Gasteiger partial charge in [0.25, 0.3) is 0 Å². The number of halogens is 1. The molecule has 1 heterocycles. The summed E-state index contributed by atoms with van der Waals surface area (Å²) < 4.78 is 11.1. The highest BCUT2D eigenvalue weighted by Gasteiger charge is 2.11. The Balaban J connectivity index is 1.49. The lowest BCUT2D eigenvalue weighted by atomic mass is 10.1. The molecule has 3 nitrogen and oxygen atoms in total. The SMILES string of the molecule is Clc1cccc(CNCCc2ccc3c(c2)OCCO3)c1. The van der Waals surface area contributed by atoms with Gasteiger partial charge in [-0.25, -0.2) is 0 Å². The van der Waals surface area contributed by atoms with Gasteiger partial charge in [-0.2, -0.15) is 0 Å². The number of hydrogen-bond acceptors (Lipinski definition) is 3. The minimum atomic E-state index is 0.628. The summed E-state index contributed by atoms with van der Waals surface area (Å²) in [6, 6.07) is 14.1. The number of benzene rings is 2. The predicted octanol–water partition coefficient (Wildman–Crippen LogP) is 3.44. The molecule has 0 aliphatic carbocycles. The highest BCUT2D eigenvalue weighted by Crippen LogP contribution is 2.30. The van der Waals surface area contributed by atoms with Crippen LogP contribution >= 0.6 is 11.6 Å². The zero-order valence-electron chi connectivity index (χ0n) is 11.8. The van der Waals surface area contributed by atoms with Gasteiger partial charge in [-0.05, 0) is 48.4 Å². The first-order valence-corrected chi connectivity index (χ1v) is 7.53. The van der Waals surface area contributed by atoms with Gasteiger partial charge in [0, 0.05) is 11.6 Å². The van der Waals surface area contributed by atoms with Crippen molar-refractivity contribution in [2.24, 2.45) is 0 Å². The fourth-order valence-corrected chi connectivity index (χ4v) is 2.57. The Kier molecular flexibility index (Phi) is 4.63. The fourth-order valence-electron chi connectivity index (χ4n) is 2.36. The highest BCUT2D eigenvalue weighted by atomic mass is 35.5. The van der Waals surface area contributed by atoms with Gasteiger partial charge in [0.1, 0.15) is 13.2 Å². The molecule has 1 aliphatic rings. The molecule has 3 rings (SSSR count). The van der Waals surface area contributed by atoms with E-state index in [0.717, 1.165) is 36.0 Å². The first kappa shape index (κ1) is 14.2. The van der Waals surface area contributed by atoms with E-state index in [1.165, 1.54) is 11.1 Å². The summed E-state index contributed by atoms with van der Waals surface area (Å²) in [5.41, 5.74) is 2.45. The average Bonchev–Trinajstić information content (AvgIpc) is 2.51. The van der Waals surface area contributed by atoms with Crippen molar-refractivity contribution in [3.63, 3.8) is 0 Å². The van der Waals surface area contributed by atoms with Gasteiger partial charge in [-0.15, -0.1) is 0 Å². The van der Waals surface area contributed by atoms with Crippen molar-refractivity contribution in [1.29, 1.82) is 0 Å². The summed E-state index contributed by atoms with van der Waals surface area (Å²) in [6.07, 6.45) is 0.956. The number of nitrogens with one attached hydrogen (secondary N) is 1. The summed E-state index contributed by atoms with van der Waals surface area (Å²) in [4.78, 5) is 0. The van der Waals surface area contributed by atoms with Crippen molar-refractivity contribution in [3.05, 3.63) is 58.6 Å². The lowest BCUT2D eigenvalue weighted by Crippen LogP contribution is -2.17. The van der Waals surface area contributed by atoms with Gasteiger partial charge in [-0.1, -0.05) is 29.8 Å². The standard InChI is InChI=1S/C17H18ClNO2/c18-15-3-1-2-14(10-15)12-19-7-6-13-4-5-16-17(11-13)21-9-8-20-16/h1-5,10-11,19H,6-9,12H2. The zero-order valence-corrected chi connectivity index (χ0v) is 12.5. The van der Waals surface area contributed by atoms with Crippen LogP contribution in [0.5, 0.6) is 11.5 Å². The second kappa shape index (κ2) is 6.83. The molecule has 1 aliphatic heterocycles. The van der Waals surface area contributed by atoms with Gasteiger partial charge in [0.2, 0.25) is 0 Å². The van der Waals surface area contributed by atoms with E-state index < -0.39 is 0 Å². The molecule has 0 amide bonds. The molecule has 0 aromatic heterocycles. The van der Waals surface area contributed by atoms with Crippen LogP contribution in [0.2, 0.25) is 5.02 Å². The van der Waals surface area contributed by atoms with E-state index in [1.54, 1.807) is 0 Å². The van der Waals surface area contributed by atoms with Crippen LogP contribution < -0.4 is 14.8 Å². The number of rotatable bonds is 5. The molecule has 0 bridgehead atoms. The Hall–Kier alpha value is -1.71. The second-order valence-corrected chi connectivity index (χ2v) is 5.47. The molecule has 0 unspecified atom stereocenters. The molecule has 110 valence electrons. The third-order valence-corrected chi connectivity index (χ3v) is 3.65. The van der Waals surface area contributed by atoms with Crippen molar-refractivity contribution in [2.45, 2.75) is 13.0 Å². The van der Waals surface area contributed by atoms with Crippen LogP contribution in [0.4, 0.5) is 0 Å². The summed E-state index contributed by atoms with van der Waals surface area (Å²) in [5.74, 6) is 1.70. The normalized spacial score (nSPS) is 13.2. The maximum Gasteiger partial charge on any atom is 0.161 e. The molecule has 2 aromatic carbocycles. The molecule has 1 N–H and O–H groups in total. The lowest BCUT2D eigenvalue weighted by molar-refractivity contribution is 0.171. The summed E-state index contributed by atoms with van der Waals surface area (Å²) in [5, 5.41) is 4.21. The predicted molar refractivity (Wildman–Crippen MR) is 84.3 cm³/mol. The van der Waals surface area contributed by atoms with Crippen molar-refractivity contribution in [1.82, 2.24) is 5.32 Å². The fraction of sp³-hybridized carbons (Fsp3) is 0.294. The summed E-state index contributed by atoms with van der Waals surface area (Å²) >= 11 is 5.97. The van der Waals surface area contributed by atoms with Crippen LogP contribution in [-0.4, -0.2) is 19.8 Å². The molecule has 0 spiro atoms. The first-order valence-electron chi connectivity index (χ1n) is 7.15. The Morgan fingerprint density at radius 1 is 0.952 bits per heavy atom. The smallest absolute Gasteiger partial charge is 0.161 e. The van der Waals surface area contributed by atoms with Crippen molar-refractivity contribution in [3.8, 4) is 11.5 Å². The van der Waals surface area contributed by atoms with Crippen LogP contribution in [0.3, 0.4) is 0 Å². The lowest BCUT2D eigenvalue weighted by Gasteiger charge is -2.18. The summed E-state index contributed by atoms with van der Waals surface area (Å²) in [7, 11) is 0. The number of hydrogen-bond donors (Lipinski definition) is 1. The van der Waals surface area contributed by atoms with E-state index in [1.807, 2.05) is 24.3 Å².